The zero-order valence-electron chi connectivity index (χ0n) is 20.7. The molecule has 1 unspecified atom stereocenters. The minimum absolute atomic E-state index is 0.0255. The van der Waals surface area contributed by atoms with Crippen molar-refractivity contribution in [2.24, 2.45) is 16.2 Å². The van der Waals surface area contributed by atoms with Crippen LogP contribution in [0.3, 0.4) is 0 Å². The van der Waals surface area contributed by atoms with Gasteiger partial charge in [0, 0.05) is 46.4 Å². The van der Waals surface area contributed by atoms with Gasteiger partial charge in [0.05, 0.1) is 6.61 Å². The van der Waals surface area contributed by atoms with Crippen LogP contribution in [-0.2, 0) is 20.9 Å². The molecule has 0 aliphatic rings. The second-order valence-corrected chi connectivity index (χ2v) is 8.66. The normalized spacial score (nSPS) is 13.4. The van der Waals surface area contributed by atoms with E-state index in [9.17, 15) is 20.0 Å². The van der Waals surface area contributed by atoms with E-state index in [1.165, 1.54) is 6.92 Å². The highest BCUT2D eigenvalue weighted by atomic mass is 16.5. The van der Waals surface area contributed by atoms with Crippen molar-refractivity contribution in [2.75, 3.05) is 6.61 Å². The third-order valence-electron chi connectivity index (χ3n) is 6.40. The summed E-state index contributed by atoms with van der Waals surface area (Å²) in [6, 6.07) is 11.0. The van der Waals surface area contributed by atoms with Crippen LogP contribution >= 0.6 is 0 Å². The number of fused-ring (bicyclic) bond motifs is 3. The molecule has 2 N–H and O–H groups in total. The molecule has 1 aromatic heterocycles. The van der Waals surface area contributed by atoms with E-state index < -0.39 is 5.97 Å². The van der Waals surface area contributed by atoms with Crippen molar-refractivity contribution in [2.45, 2.75) is 59.9 Å². The van der Waals surface area contributed by atoms with Crippen molar-refractivity contribution in [1.82, 2.24) is 4.57 Å². The monoisotopic (exact) mass is 479 g/mol. The number of oxime groups is 2. The number of hydrogen-bond donors (Lipinski definition) is 2. The van der Waals surface area contributed by atoms with Crippen LogP contribution in [0.1, 0.15) is 64.5 Å². The zero-order chi connectivity index (χ0) is 25.5. The van der Waals surface area contributed by atoms with Crippen molar-refractivity contribution in [3.63, 3.8) is 0 Å². The first kappa shape index (κ1) is 25.9. The molecule has 0 saturated heterocycles. The summed E-state index contributed by atoms with van der Waals surface area (Å²) in [4.78, 5) is 24.3. The van der Waals surface area contributed by atoms with E-state index >= 15 is 0 Å². The fraction of sp³-hybridized carbons (Fsp3) is 0.407. The molecule has 0 amide bonds. The number of aromatic nitrogens is 1. The summed E-state index contributed by atoms with van der Waals surface area (Å²) in [6.07, 6.45) is 4.48. The molecule has 0 bridgehead atoms. The average molecular weight is 480 g/mol. The molecular weight excluding hydrogens is 446 g/mol. The second kappa shape index (κ2) is 11.6. The van der Waals surface area contributed by atoms with Gasteiger partial charge in [0.1, 0.15) is 0 Å². The molecule has 0 aliphatic heterocycles. The van der Waals surface area contributed by atoms with Gasteiger partial charge >= 0.3 is 5.97 Å². The van der Waals surface area contributed by atoms with Crippen LogP contribution in [0.4, 0.5) is 0 Å². The number of nitrogens with zero attached hydrogens (tertiary/aromatic N) is 3. The molecule has 3 rings (SSSR count). The van der Waals surface area contributed by atoms with Gasteiger partial charge < -0.3 is 19.7 Å². The summed E-state index contributed by atoms with van der Waals surface area (Å²) < 4.78 is 7.29. The van der Waals surface area contributed by atoms with E-state index in [0.717, 1.165) is 54.0 Å². The third kappa shape index (κ3) is 5.37. The standard InChI is InChI=1S/C27H33N3O5/c1-5-8-9-18(6-2)16-30-23-12-10-19(25(28-33)17(4)31)14-21(23)22-15-20(11-13-24(22)30)26(29-34)27(32)35-7-3/h10-15,18,33-34H,5-9,16H2,1-4H3/b28-25+,29-26-. The van der Waals surface area contributed by atoms with Crippen molar-refractivity contribution in [3.05, 3.63) is 47.5 Å². The Labute approximate surface area is 204 Å². The van der Waals surface area contributed by atoms with Gasteiger partial charge in [-0.15, -0.1) is 0 Å². The second-order valence-electron chi connectivity index (χ2n) is 8.66. The molecule has 3 aromatic rings. The number of ketones is 1. The Morgan fingerprint density at radius 2 is 1.51 bits per heavy atom. The maximum absolute atomic E-state index is 12.3. The molecule has 0 fully saturated rings. The average Bonchev–Trinajstić information content (AvgIpc) is 3.15. The van der Waals surface area contributed by atoms with Crippen molar-refractivity contribution in [1.29, 1.82) is 0 Å². The summed E-state index contributed by atoms with van der Waals surface area (Å²) in [5, 5.41) is 27.0. The Kier molecular flexibility index (Phi) is 8.63. The van der Waals surface area contributed by atoms with Gasteiger partial charge in [0.2, 0.25) is 0 Å². The number of benzene rings is 2. The molecule has 8 heteroatoms. The summed E-state index contributed by atoms with van der Waals surface area (Å²) in [5.74, 6) is -0.566. The highest BCUT2D eigenvalue weighted by Crippen LogP contribution is 2.33. The number of hydrogen-bond acceptors (Lipinski definition) is 7. The molecule has 1 heterocycles. The Hall–Kier alpha value is -3.68. The lowest BCUT2D eigenvalue weighted by Gasteiger charge is -2.17. The van der Waals surface area contributed by atoms with Crippen molar-refractivity contribution < 1.29 is 24.7 Å². The molecule has 8 nitrogen and oxygen atoms in total. The number of carbonyl (C=O) groups is 2. The van der Waals surface area contributed by atoms with E-state index in [2.05, 4.69) is 28.7 Å². The first-order valence-corrected chi connectivity index (χ1v) is 12.1. The minimum atomic E-state index is -0.712. The van der Waals surface area contributed by atoms with Gasteiger partial charge in [-0.1, -0.05) is 55.6 Å². The van der Waals surface area contributed by atoms with Gasteiger partial charge in [-0.25, -0.2) is 4.79 Å². The summed E-state index contributed by atoms with van der Waals surface area (Å²) in [5.41, 5.74) is 2.64. The fourth-order valence-corrected chi connectivity index (χ4v) is 4.52. The number of carbonyl (C=O) groups excluding carboxylic acids is 2. The predicted octanol–water partition coefficient (Wildman–Crippen LogP) is 5.52. The lowest BCUT2D eigenvalue weighted by Crippen LogP contribution is -2.18. The molecule has 0 radical (unpaired) electrons. The first-order valence-electron chi connectivity index (χ1n) is 12.1. The van der Waals surface area contributed by atoms with Crippen molar-refractivity contribution in [3.8, 4) is 0 Å². The molecule has 0 aliphatic carbocycles. The summed E-state index contributed by atoms with van der Waals surface area (Å²) >= 11 is 0. The lowest BCUT2D eigenvalue weighted by molar-refractivity contribution is -0.135. The van der Waals surface area contributed by atoms with E-state index in [0.29, 0.717) is 17.0 Å². The van der Waals surface area contributed by atoms with Crippen LogP contribution in [0, 0.1) is 5.92 Å². The van der Waals surface area contributed by atoms with Gasteiger partial charge in [-0.05, 0) is 43.5 Å². The Morgan fingerprint density at radius 3 is 1.97 bits per heavy atom. The number of unbranched alkanes of at least 4 members (excludes halogenated alkanes) is 1. The van der Waals surface area contributed by atoms with E-state index in [4.69, 9.17) is 4.74 Å². The van der Waals surface area contributed by atoms with E-state index in [-0.39, 0.29) is 23.8 Å². The molecule has 2 aromatic carbocycles. The Morgan fingerprint density at radius 1 is 0.943 bits per heavy atom. The fourth-order valence-electron chi connectivity index (χ4n) is 4.52. The predicted molar refractivity (Wildman–Crippen MR) is 137 cm³/mol. The maximum Gasteiger partial charge on any atom is 0.361 e. The largest absolute Gasteiger partial charge is 0.461 e. The minimum Gasteiger partial charge on any atom is -0.461 e. The number of Topliss-reactive ketones (excluding diaryl/α,β-unsaturated/α-hetero) is 1. The van der Waals surface area contributed by atoms with Gasteiger partial charge in [-0.3, -0.25) is 4.79 Å². The number of ether oxygens (including phenoxy) is 1. The number of rotatable bonds is 11. The van der Waals surface area contributed by atoms with Gasteiger partial charge in [0.15, 0.2) is 17.2 Å². The summed E-state index contributed by atoms with van der Waals surface area (Å²) in [6.45, 7) is 8.40. The first-order chi connectivity index (χ1) is 16.9. The molecule has 0 saturated carbocycles. The SMILES string of the molecule is CCCCC(CC)Cn1c2ccc(/C(=N/O)C(C)=O)cc2c2cc(/C(=N/O)C(=O)OCC)ccc21. The van der Waals surface area contributed by atoms with Crippen LogP contribution in [0.15, 0.2) is 46.7 Å². The van der Waals surface area contributed by atoms with Gasteiger partial charge in [-0.2, -0.15) is 0 Å². The van der Waals surface area contributed by atoms with Gasteiger partial charge in [0.25, 0.3) is 0 Å². The maximum atomic E-state index is 12.3. The third-order valence-corrected chi connectivity index (χ3v) is 6.40. The lowest BCUT2D eigenvalue weighted by atomic mass is 9.99. The highest BCUT2D eigenvalue weighted by molar-refractivity contribution is 6.45. The van der Waals surface area contributed by atoms with Crippen LogP contribution in [0.25, 0.3) is 21.8 Å². The van der Waals surface area contributed by atoms with Crippen LogP contribution in [0.2, 0.25) is 0 Å². The van der Waals surface area contributed by atoms with Crippen LogP contribution in [-0.4, -0.2) is 44.8 Å². The van der Waals surface area contributed by atoms with E-state index in [1.54, 1.807) is 25.1 Å². The summed E-state index contributed by atoms with van der Waals surface area (Å²) in [7, 11) is 0. The Balaban J connectivity index is 2.26. The zero-order valence-corrected chi connectivity index (χ0v) is 20.7. The Bertz CT molecular complexity index is 1290. The highest BCUT2D eigenvalue weighted by Gasteiger charge is 2.21. The molecule has 0 spiro atoms. The number of esters is 1. The molecule has 186 valence electrons. The quantitative estimate of drug-likeness (QED) is 0.163. The topological polar surface area (TPSA) is 113 Å². The van der Waals surface area contributed by atoms with Crippen LogP contribution in [0.5, 0.6) is 0 Å². The van der Waals surface area contributed by atoms with Crippen LogP contribution < -0.4 is 0 Å². The van der Waals surface area contributed by atoms with E-state index in [1.807, 2.05) is 18.2 Å². The van der Waals surface area contributed by atoms with Crippen molar-refractivity contribution >= 4 is 45.0 Å². The molecular formula is C27H33N3O5. The molecule has 1 atom stereocenters. The molecule has 35 heavy (non-hydrogen) atoms. The smallest absolute Gasteiger partial charge is 0.361 e.